The van der Waals surface area contributed by atoms with Gasteiger partial charge in [0.05, 0.1) is 12.2 Å². The molecule has 1 fully saturated rings. The van der Waals surface area contributed by atoms with Crippen LogP contribution in [0.25, 0.3) is 0 Å². The molecule has 0 saturated heterocycles. The maximum Gasteiger partial charge on any atom is 0.259 e. The van der Waals surface area contributed by atoms with Crippen molar-refractivity contribution in [1.82, 2.24) is 0 Å². The summed E-state index contributed by atoms with van der Waals surface area (Å²) < 4.78 is 6.66. The molecule has 2 aromatic rings. The maximum atomic E-state index is 12.9. The number of halogens is 1. The summed E-state index contributed by atoms with van der Waals surface area (Å²) in [5, 5.41) is 5.88. The van der Waals surface area contributed by atoms with Crippen molar-refractivity contribution in [3.05, 3.63) is 52.0 Å². The number of carbonyl (C=O) groups excluding carboxylic acids is 2. The van der Waals surface area contributed by atoms with Gasteiger partial charge in [0.15, 0.2) is 0 Å². The summed E-state index contributed by atoms with van der Waals surface area (Å²) in [4.78, 5) is 25.0. The molecule has 6 heteroatoms. The second-order valence-electron chi connectivity index (χ2n) is 7.92. The van der Waals surface area contributed by atoms with Crippen LogP contribution in [0.1, 0.15) is 49.0 Å². The minimum atomic E-state index is -0.255. The highest BCUT2D eigenvalue weighted by Crippen LogP contribution is 2.31. The molecule has 1 aliphatic rings. The van der Waals surface area contributed by atoms with Gasteiger partial charge in [-0.15, -0.1) is 0 Å². The number of aryl methyl sites for hydroxylation is 1. The van der Waals surface area contributed by atoms with Gasteiger partial charge in [-0.25, -0.2) is 0 Å². The predicted octanol–water partition coefficient (Wildman–Crippen LogP) is 5.78. The van der Waals surface area contributed by atoms with Crippen molar-refractivity contribution in [2.45, 2.75) is 40.0 Å². The number of hydrogen-bond acceptors (Lipinski definition) is 3. The summed E-state index contributed by atoms with van der Waals surface area (Å²) >= 11 is 3.43. The van der Waals surface area contributed by atoms with Crippen LogP contribution in [-0.4, -0.2) is 18.4 Å². The Bertz CT molecular complexity index is 907. The molecule has 0 heterocycles. The molecule has 0 radical (unpaired) electrons. The Balaban J connectivity index is 1.74. The van der Waals surface area contributed by atoms with E-state index in [4.69, 9.17) is 4.74 Å². The molecule has 5 nitrogen and oxygen atoms in total. The lowest BCUT2D eigenvalue weighted by atomic mass is 10.1. The van der Waals surface area contributed by atoms with Gasteiger partial charge in [-0.05, 0) is 68.0 Å². The zero-order valence-electron chi connectivity index (χ0n) is 17.0. The van der Waals surface area contributed by atoms with E-state index in [1.807, 2.05) is 25.1 Å². The van der Waals surface area contributed by atoms with Crippen LogP contribution in [0.4, 0.5) is 11.4 Å². The lowest BCUT2D eigenvalue weighted by Gasteiger charge is -2.14. The van der Waals surface area contributed by atoms with Crippen LogP contribution < -0.4 is 15.4 Å². The van der Waals surface area contributed by atoms with Crippen molar-refractivity contribution in [2.75, 3.05) is 17.2 Å². The van der Waals surface area contributed by atoms with Crippen molar-refractivity contribution >= 4 is 39.1 Å². The average Bonchev–Trinajstić information content (AvgIpc) is 3.50. The summed E-state index contributed by atoms with van der Waals surface area (Å²) in [6, 6.07) is 10.9. The van der Waals surface area contributed by atoms with Crippen molar-refractivity contribution < 1.29 is 14.3 Å². The fourth-order valence-electron chi connectivity index (χ4n) is 2.82. The molecule has 2 aromatic carbocycles. The van der Waals surface area contributed by atoms with Crippen molar-refractivity contribution in [3.63, 3.8) is 0 Å². The lowest BCUT2D eigenvalue weighted by molar-refractivity contribution is -0.117. The van der Waals surface area contributed by atoms with E-state index in [2.05, 4.69) is 40.4 Å². The molecule has 29 heavy (non-hydrogen) atoms. The van der Waals surface area contributed by atoms with Crippen LogP contribution >= 0.6 is 15.9 Å². The van der Waals surface area contributed by atoms with E-state index in [0.29, 0.717) is 29.5 Å². The molecule has 0 aliphatic heterocycles. The van der Waals surface area contributed by atoms with E-state index >= 15 is 0 Å². The minimum Gasteiger partial charge on any atom is -0.493 e. The third kappa shape index (κ3) is 6.07. The first-order valence-corrected chi connectivity index (χ1v) is 10.8. The molecule has 154 valence electrons. The SMILES string of the molecule is Cc1ccc(NC(=O)c2cc(Br)ccc2OCCC(C)C)cc1NC(=O)C1CC1. The molecule has 2 N–H and O–H groups in total. The topological polar surface area (TPSA) is 67.4 Å². The van der Waals surface area contributed by atoms with Gasteiger partial charge in [0.1, 0.15) is 5.75 Å². The highest BCUT2D eigenvalue weighted by Gasteiger charge is 2.29. The zero-order chi connectivity index (χ0) is 21.0. The fraction of sp³-hybridized carbons (Fsp3) is 0.391. The fourth-order valence-corrected chi connectivity index (χ4v) is 3.18. The molecule has 1 aliphatic carbocycles. The Hall–Kier alpha value is -2.34. The molecular formula is C23H27BrN2O3. The van der Waals surface area contributed by atoms with Crippen molar-refractivity contribution in [2.24, 2.45) is 11.8 Å². The first-order valence-electron chi connectivity index (χ1n) is 9.98. The van der Waals surface area contributed by atoms with Crippen LogP contribution in [0, 0.1) is 18.8 Å². The third-order valence-electron chi connectivity index (χ3n) is 4.84. The molecule has 3 rings (SSSR count). The Kier molecular flexibility index (Phi) is 6.96. The molecule has 0 bridgehead atoms. The van der Waals surface area contributed by atoms with Crippen LogP contribution in [0.3, 0.4) is 0 Å². The van der Waals surface area contributed by atoms with Gasteiger partial charge in [0.25, 0.3) is 5.91 Å². The summed E-state index contributed by atoms with van der Waals surface area (Å²) in [5.41, 5.74) is 2.77. The second-order valence-corrected chi connectivity index (χ2v) is 8.83. The predicted molar refractivity (Wildman–Crippen MR) is 120 cm³/mol. The molecular weight excluding hydrogens is 432 g/mol. The highest BCUT2D eigenvalue weighted by molar-refractivity contribution is 9.10. The van der Waals surface area contributed by atoms with E-state index in [-0.39, 0.29) is 17.7 Å². The van der Waals surface area contributed by atoms with Crippen molar-refractivity contribution in [3.8, 4) is 5.75 Å². The largest absolute Gasteiger partial charge is 0.493 e. The van der Waals surface area contributed by atoms with E-state index in [1.54, 1.807) is 18.2 Å². The Morgan fingerprint density at radius 2 is 1.90 bits per heavy atom. The van der Waals surface area contributed by atoms with Crippen LogP contribution in [0.5, 0.6) is 5.75 Å². The van der Waals surface area contributed by atoms with Gasteiger partial charge >= 0.3 is 0 Å². The monoisotopic (exact) mass is 458 g/mol. The van der Waals surface area contributed by atoms with Gasteiger partial charge in [-0.2, -0.15) is 0 Å². The smallest absolute Gasteiger partial charge is 0.259 e. The standard InChI is InChI=1S/C23H27BrN2O3/c1-14(2)10-11-29-21-9-7-17(24)12-19(21)23(28)25-18-8-4-15(3)20(13-18)26-22(27)16-5-6-16/h4,7-9,12-14,16H,5-6,10-11H2,1-3H3,(H,25,28)(H,26,27). The quantitative estimate of drug-likeness (QED) is 0.526. The van der Waals surface area contributed by atoms with Gasteiger partial charge in [-0.1, -0.05) is 35.8 Å². The van der Waals surface area contributed by atoms with Gasteiger partial charge in [-0.3, -0.25) is 9.59 Å². The third-order valence-corrected chi connectivity index (χ3v) is 5.33. The van der Waals surface area contributed by atoms with E-state index in [1.165, 1.54) is 0 Å². The summed E-state index contributed by atoms with van der Waals surface area (Å²) in [7, 11) is 0. The molecule has 0 atom stereocenters. The first kappa shape index (κ1) is 21.4. The average molecular weight is 459 g/mol. The molecule has 0 unspecified atom stereocenters. The molecule has 0 spiro atoms. The van der Waals surface area contributed by atoms with E-state index in [9.17, 15) is 9.59 Å². The normalized spacial score (nSPS) is 13.3. The number of carbonyl (C=O) groups is 2. The Morgan fingerprint density at radius 3 is 2.59 bits per heavy atom. The van der Waals surface area contributed by atoms with E-state index < -0.39 is 0 Å². The van der Waals surface area contributed by atoms with Gasteiger partial charge in [0, 0.05) is 21.8 Å². The molecule has 0 aromatic heterocycles. The zero-order valence-corrected chi connectivity index (χ0v) is 18.6. The lowest BCUT2D eigenvalue weighted by Crippen LogP contribution is -2.16. The number of anilines is 2. The maximum absolute atomic E-state index is 12.9. The van der Waals surface area contributed by atoms with Crippen LogP contribution in [-0.2, 0) is 4.79 Å². The summed E-state index contributed by atoms with van der Waals surface area (Å²) in [6.07, 6.45) is 2.81. The first-order chi connectivity index (χ1) is 13.8. The van der Waals surface area contributed by atoms with Gasteiger partial charge in [0.2, 0.25) is 5.91 Å². The van der Waals surface area contributed by atoms with Crippen LogP contribution in [0.15, 0.2) is 40.9 Å². The summed E-state index contributed by atoms with van der Waals surface area (Å²) in [6.45, 7) is 6.76. The van der Waals surface area contributed by atoms with Gasteiger partial charge < -0.3 is 15.4 Å². The number of amides is 2. The Morgan fingerprint density at radius 1 is 1.14 bits per heavy atom. The number of benzene rings is 2. The molecule has 1 saturated carbocycles. The number of hydrogen-bond donors (Lipinski definition) is 2. The minimum absolute atomic E-state index is 0.0457. The summed E-state index contributed by atoms with van der Waals surface area (Å²) in [5.74, 6) is 0.999. The molecule has 2 amide bonds. The number of ether oxygens (including phenoxy) is 1. The number of rotatable bonds is 8. The Labute approximate surface area is 180 Å². The highest BCUT2D eigenvalue weighted by atomic mass is 79.9. The van der Waals surface area contributed by atoms with Crippen LogP contribution in [0.2, 0.25) is 0 Å². The number of nitrogens with one attached hydrogen (secondary N) is 2. The second kappa shape index (κ2) is 9.44. The van der Waals surface area contributed by atoms with Crippen molar-refractivity contribution in [1.29, 1.82) is 0 Å². The van der Waals surface area contributed by atoms with E-state index in [0.717, 1.165) is 35.0 Å².